The maximum absolute atomic E-state index is 14.3. The molecule has 0 bridgehead atoms. The van der Waals surface area contributed by atoms with Crippen molar-refractivity contribution in [3.63, 3.8) is 0 Å². The zero-order chi connectivity index (χ0) is 15.6. The van der Waals surface area contributed by atoms with E-state index < -0.39 is 0 Å². The van der Waals surface area contributed by atoms with Crippen LogP contribution in [0.4, 0.5) is 4.39 Å². The Morgan fingerprint density at radius 3 is 2.76 bits per heavy atom. The van der Waals surface area contributed by atoms with Gasteiger partial charge in [0.1, 0.15) is 5.82 Å². The standard InChI is InChI=1S/C15H18BrClFN3/c1-4-19-12(10-6-5-7-11(16)15(10)18)8-13-14(17)9(2)20-21(13)3/h5-7,12,19H,4,8H2,1-3H3. The zero-order valence-corrected chi connectivity index (χ0v) is 14.6. The van der Waals surface area contributed by atoms with Crippen molar-refractivity contribution in [2.24, 2.45) is 7.05 Å². The van der Waals surface area contributed by atoms with E-state index in [1.807, 2.05) is 27.0 Å². The molecule has 3 nitrogen and oxygen atoms in total. The fraction of sp³-hybridized carbons (Fsp3) is 0.400. The molecule has 114 valence electrons. The average Bonchev–Trinajstić information content (AvgIpc) is 2.68. The Morgan fingerprint density at radius 1 is 1.48 bits per heavy atom. The van der Waals surface area contributed by atoms with Crippen LogP contribution in [-0.4, -0.2) is 16.3 Å². The lowest BCUT2D eigenvalue weighted by molar-refractivity contribution is 0.495. The molecule has 0 spiro atoms. The largest absolute Gasteiger partial charge is 0.310 e. The van der Waals surface area contributed by atoms with Crippen LogP contribution in [0.5, 0.6) is 0 Å². The van der Waals surface area contributed by atoms with Crippen LogP contribution in [0, 0.1) is 12.7 Å². The molecule has 0 aliphatic rings. The van der Waals surface area contributed by atoms with Crippen LogP contribution in [0.25, 0.3) is 0 Å². The van der Waals surface area contributed by atoms with E-state index in [0.717, 1.165) is 17.9 Å². The Kier molecular flexibility index (Phi) is 5.41. The molecule has 1 aromatic carbocycles. The molecule has 1 heterocycles. The number of aromatic nitrogens is 2. The summed E-state index contributed by atoms with van der Waals surface area (Å²) in [4.78, 5) is 0. The first-order valence-corrected chi connectivity index (χ1v) is 7.98. The number of likely N-dealkylation sites (N-methyl/N-ethyl adjacent to an activating group) is 1. The van der Waals surface area contributed by atoms with E-state index in [-0.39, 0.29) is 11.9 Å². The molecule has 0 saturated heterocycles. The molecule has 1 atom stereocenters. The molecule has 0 aliphatic carbocycles. The van der Waals surface area contributed by atoms with E-state index in [4.69, 9.17) is 11.6 Å². The Labute approximate surface area is 137 Å². The SMILES string of the molecule is CCNC(Cc1c(Cl)c(C)nn1C)c1cccc(Br)c1F. The van der Waals surface area contributed by atoms with Crippen molar-refractivity contribution in [2.75, 3.05) is 6.54 Å². The summed E-state index contributed by atoms with van der Waals surface area (Å²) >= 11 is 9.54. The van der Waals surface area contributed by atoms with Crippen molar-refractivity contribution in [3.8, 4) is 0 Å². The summed E-state index contributed by atoms with van der Waals surface area (Å²) in [5.74, 6) is -0.238. The van der Waals surface area contributed by atoms with E-state index in [1.165, 1.54) is 0 Å². The van der Waals surface area contributed by atoms with Gasteiger partial charge in [0, 0.05) is 25.1 Å². The van der Waals surface area contributed by atoms with E-state index in [2.05, 4.69) is 26.3 Å². The molecular formula is C15H18BrClFN3. The van der Waals surface area contributed by atoms with Gasteiger partial charge >= 0.3 is 0 Å². The fourth-order valence-electron chi connectivity index (χ4n) is 2.42. The third kappa shape index (κ3) is 3.47. The van der Waals surface area contributed by atoms with Crippen LogP contribution in [0.1, 0.15) is 29.9 Å². The maximum atomic E-state index is 14.3. The van der Waals surface area contributed by atoms with Gasteiger partial charge in [-0.2, -0.15) is 5.10 Å². The predicted molar refractivity (Wildman–Crippen MR) is 87.2 cm³/mol. The minimum absolute atomic E-state index is 0.153. The van der Waals surface area contributed by atoms with Gasteiger partial charge in [0.2, 0.25) is 0 Å². The maximum Gasteiger partial charge on any atom is 0.142 e. The fourth-order valence-corrected chi connectivity index (χ4v) is 3.04. The van der Waals surface area contributed by atoms with Crippen LogP contribution in [0.2, 0.25) is 5.02 Å². The Hall–Kier alpha value is -0.910. The summed E-state index contributed by atoms with van der Waals surface area (Å²) in [6.45, 7) is 4.61. The average molecular weight is 375 g/mol. The topological polar surface area (TPSA) is 29.9 Å². The number of halogens is 3. The highest BCUT2D eigenvalue weighted by Crippen LogP contribution is 2.29. The van der Waals surface area contributed by atoms with Crippen molar-refractivity contribution in [2.45, 2.75) is 26.3 Å². The van der Waals surface area contributed by atoms with Crippen molar-refractivity contribution < 1.29 is 4.39 Å². The highest BCUT2D eigenvalue weighted by atomic mass is 79.9. The third-order valence-corrected chi connectivity index (χ3v) is 4.57. The first kappa shape index (κ1) is 16.5. The van der Waals surface area contributed by atoms with Crippen molar-refractivity contribution >= 4 is 27.5 Å². The second kappa shape index (κ2) is 6.90. The van der Waals surface area contributed by atoms with Crippen LogP contribution in [-0.2, 0) is 13.5 Å². The van der Waals surface area contributed by atoms with Crippen LogP contribution < -0.4 is 5.32 Å². The molecule has 2 aromatic rings. The monoisotopic (exact) mass is 373 g/mol. The van der Waals surface area contributed by atoms with Gasteiger partial charge in [-0.1, -0.05) is 30.7 Å². The van der Waals surface area contributed by atoms with Gasteiger partial charge in [0.05, 0.1) is 20.9 Å². The first-order chi connectivity index (χ1) is 9.95. The van der Waals surface area contributed by atoms with E-state index in [0.29, 0.717) is 21.5 Å². The molecule has 0 aliphatic heterocycles. The van der Waals surface area contributed by atoms with Gasteiger partial charge < -0.3 is 5.32 Å². The van der Waals surface area contributed by atoms with Crippen molar-refractivity contribution in [3.05, 3.63) is 50.5 Å². The lowest BCUT2D eigenvalue weighted by Crippen LogP contribution is -2.25. The minimum atomic E-state index is -0.238. The van der Waals surface area contributed by atoms with Crippen molar-refractivity contribution in [1.29, 1.82) is 0 Å². The Bertz CT molecular complexity index is 642. The number of nitrogens with one attached hydrogen (secondary N) is 1. The van der Waals surface area contributed by atoms with Gasteiger partial charge in [-0.15, -0.1) is 0 Å². The lowest BCUT2D eigenvalue weighted by Gasteiger charge is -2.20. The molecule has 6 heteroatoms. The smallest absolute Gasteiger partial charge is 0.142 e. The Morgan fingerprint density at radius 2 is 2.19 bits per heavy atom. The summed E-state index contributed by atoms with van der Waals surface area (Å²) < 4.78 is 16.6. The molecule has 1 N–H and O–H groups in total. The van der Waals surface area contributed by atoms with Gasteiger partial charge in [-0.25, -0.2) is 4.39 Å². The molecule has 0 saturated carbocycles. The van der Waals surface area contributed by atoms with E-state index >= 15 is 0 Å². The number of aryl methyl sites for hydroxylation is 2. The molecular weight excluding hydrogens is 357 g/mol. The molecule has 1 unspecified atom stereocenters. The summed E-state index contributed by atoms with van der Waals surface area (Å²) in [7, 11) is 1.86. The Balaban J connectivity index is 2.38. The molecule has 2 rings (SSSR count). The molecule has 0 amide bonds. The van der Waals surface area contributed by atoms with Gasteiger partial charge in [-0.05, 0) is 35.5 Å². The van der Waals surface area contributed by atoms with Crippen LogP contribution in [0.3, 0.4) is 0 Å². The lowest BCUT2D eigenvalue weighted by atomic mass is 10.0. The number of hydrogen-bond acceptors (Lipinski definition) is 2. The van der Waals surface area contributed by atoms with Gasteiger partial charge in [0.25, 0.3) is 0 Å². The number of rotatable bonds is 5. The number of benzene rings is 1. The van der Waals surface area contributed by atoms with Crippen molar-refractivity contribution in [1.82, 2.24) is 15.1 Å². The summed E-state index contributed by atoms with van der Waals surface area (Å²) in [5, 5.41) is 8.28. The quantitative estimate of drug-likeness (QED) is 0.851. The number of nitrogens with zero attached hydrogens (tertiary/aromatic N) is 2. The number of hydrogen-bond donors (Lipinski definition) is 1. The summed E-state index contributed by atoms with van der Waals surface area (Å²) in [5.41, 5.74) is 2.32. The summed E-state index contributed by atoms with van der Waals surface area (Å²) in [6.07, 6.45) is 0.581. The first-order valence-electron chi connectivity index (χ1n) is 6.81. The van der Waals surface area contributed by atoms with E-state index in [1.54, 1.807) is 16.8 Å². The zero-order valence-electron chi connectivity index (χ0n) is 12.3. The summed E-state index contributed by atoms with van der Waals surface area (Å²) in [6, 6.07) is 5.18. The molecule has 1 aromatic heterocycles. The molecule has 21 heavy (non-hydrogen) atoms. The van der Waals surface area contributed by atoms with Crippen LogP contribution >= 0.6 is 27.5 Å². The molecule has 0 fully saturated rings. The van der Waals surface area contributed by atoms with Gasteiger partial charge in [0.15, 0.2) is 0 Å². The predicted octanol–water partition coefficient (Wildman–Crippen LogP) is 4.18. The van der Waals surface area contributed by atoms with Crippen LogP contribution in [0.15, 0.2) is 22.7 Å². The highest BCUT2D eigenvalue weighted by molar-refractivity contribution is 9.10. The highest BCUT2D eigenvalue weighted by Gasteiger charge is 2.21. The third-order valence-electron chi connectivity index (χ3n) is 3.47. The normalized spacial score (nSPS) is 12.7. The second-order valence-electron chi connectivity index (χ2n) is 4.93. The second-order valence-corrected chi connectivity index (χ2v) is 6.16. The minimum Gasteiger partial charge on any atom is -0.310 e. The van der Waals surface area contributed by atoms with E-state index in [9.17, 15) is 4.39 Å². The van der Waals surface area contributed by atoms with Gasteiger partial charge in [-0.3, -0.25) is 4.68 Å². The molecule has 0 radical (unpaired) electrons.